The zero-order valence-corrected chi connectivity index (χ0v) is 10.8. The molecule has 102 valence electrons. The SMILES string of the molecule is N#Cc1ccc(CNC(=O)c2cn(CCN)nn2)cc1. The predicted molar refractivity (Wildman–Crippen MR) is 71.4 cm³/mol. The normalized spacial score (nSPS) is 10.0. The van der Waals surface area contributed by atoms with Gasteiger partial charge in [-0.25, -0.2) is 0 Å². The average Bonchev–Trinajstić information content (AvgIpc) is 2.94. The van der Waals surface area contributed by atoms with Crippen LogP contribution in [0.2, 0.25) is 0 Å². The Morgan fingerprint density at radius 2 is 2.15 bits per heavy atom. The number of benzene rings is 1. The second kappa shape index (κ2) is 6.45. The van der Waals surface area contributed by atoms with Crippen molar-refractivity contribution in [3.05, 3.63) is 47.3 Å². The Balaban J connectivity index is 1.92. The second-order valence-corrected chi connectivity index (χ2v) is 4.15. The standard InChI is InChI=1S/C13H14N6O/c14-5-6-19-9-12(17-18-19)13(20)16-8-11-3-1-10(7-15)2-4-11/h1-4,9H,5-6,8,14H2,(H,16,20). The lowest BCUT2D eigenvalue weighted by Crippen LogP contribution is -2.23. The highest BCUT2D eigenvalue weighted by molar-refractivity contribution is 5.91. The molecule has 3 N–H and O–H groups in total. The average molecular weight is 270 g/mol. The Labute approximate surface area is 116 Å². The van der Waals surface area contributed by atoms with E-state index in [0.717, 1.165) is 5.56 Å². The summed E-state index contributed by atoms with van der Waals surface area (Å²) in [6.45, 7) is 1.33. The molecule has 0 spiro atoms. The highest BCUT2D eigenvalue weighted by Gasteiger charge is 2.10. The van der Waals surface area contributed by atoms with Gasteiger partial charge in [0.25, 0.3) is 5.91 Å². The van der Waals surface area contributed by atoms with Crippen LogP contribution < -0.4 is 11.1 Å². The number of hydrogen-bond donors (Lipinski definition) is 2. The first kappa shape index (κ1) is 13.7. The molecule has 0 saturated heterocycles. The lowest BCUT2D eigenvalue weighted by atomic mass is 10.1. The molecule has 20 heavy (non-hydrogen) atoms. The van der Waals surface area contributed by atoms with Crippen LogP contribution in [0.25, 0.3) is 0 Å². The summed E-state index contributed by atoms with van der Waals surface area (Å²) in [4.78, 5) is 11.8. The Kier molecular flexibility index (Phi) is 4.42. The number of aromatic nitrogens is 3. The molecule has 1 aromatic heterocycles. The first-order chi connectivity index (χ1) is 9.72. The first-order valence-electron chi connectivity index (χ1n) is 6.10. The predicted octanol–water partition coefficient (Wildman–Crippen LogP) is 0.0385. The number of amides is 1. The third-order valence-electron chi connectivity index (χ3n) is 2.67. The zero-order chi connectivity index (χ0) is 14.4. The van der Waals surface area contributed by atoms with Crippen molar-refractivity contribution in [3.63, 3.8) is 0 Å². The van der Waals surface area contributed by atoms with Gasteiger partial charge in [-0.15, -0.1) is 5.10 Å². The maximum Gasteiger partial charge on any atom is 0.273 e. The molecule has 1 heterocycles. The lowest BCUT2D eigenvalue weighted by molar-refractivity contribution is 0.0946. The maximum absolute atomic E-state index is 11.8. The first-order valence-corrected chi connectivity index (χ1v) is 6.10. The van der Waals surface area contributed by atoms with Crippen molar-refractivity contribution in [3.8, 4) is 6.07 Å². The molecule has 0 bridgehead atoms. The fourth-order valence-corrected chi connectivity index (χ4v) is 1.61. The smallest absolute Gasteiger partial charge is 0.273 e. The third-order valence-corrected chi connectivity index (χ3v) is 2.67. The fourth-order valence-electron chi connectivity index (χ4n) is 1.61. The minimum absolute atomic E-state index is 0.257. The summed E-state index contributed by atoms with van der Waals surface area (Å²) in [5.74, 6) is -0.294. The molecule has 0 atom stereocenters. The molecule has 2 aromatic rings. The molecular formula is C13H14N6O. The molecule has 0 unspecified atom stereocenters. The molecule has 7 heteroatoms. The molecule has 0 saturated carbocycles. The van der Waals surface area contributed by atoms with E-state index in [-0.39, 0.29) is 11.6 Å². The van der Waals surface area contributed by atoms with E-state index in [1.165, 1.54) is 4.68 Å². The van der Waals surface area contributed by atoms with E-state index in [9.17, 15) is 4.79 Å². The largest absolute Gasteiger partial charge is 0.347 e. The monoisotopic (exact) mass is 270 g/mol. The fraction of sp³-hybridized carbons (Fsp3) is 0.231. The van der Waals surface area contributed by atoms with Crippen molar-refractivity contribution < 1.29 is 4.79 Å². The van der Waals surface area contributed by atoms with E-state index in [1.807, 2.05) is 6.07 Å². The van der Waals surface area contributed by atoms with Gasteiger partial charge in [-0.2, -0.15) is 5.26 Å². The number of rotatable bonds is 5. The van der Waals surface area contributed by atoms with Gasteiger partial charge >= 0.3 is 0 Å². The van der Waals surface area contributed by atoms with Crippen LogP contribution in [0.15, 0.2) is 30.5 Å². The summed E-state index contributed by atoms with van der Waals surface area (Å²) in [6.07, 6.45) is 1.56. The summed E-state index contributed by atoms with van der Waals surface area (Å²) in [5.41, 5.74) is 7.15. The van der Waals surface area contributed by atoms with E-state index in [1.54, 1.807) is 30.5 Å². The molecule has 0 aliphatic rings. The van der Waals surface area contributed by atoms with Gasteiger partial charge in [0.2, 0.25) is 0 Å². The Morgan fingerprint density at radius 3 is 2.80 bits per heavy atom. The molecule has 1 amide bonds. The number of nitrogens with zero attached hydrogens (tertiary/aromatic N) is 4. The Hall–Kier alpha value is -2.72. The van der Waals surface area contributed by atoms with Crippen molar-refractivity contribution in [1.82, 2.24) is 20.3 Å². The van der Waals surface area contributed by atoms with Crippen molar-refractivity contribution >= 4 is 5.91 Å². The number of nitriles is 1. The highest BCUT2D eigenvalue weighted by Crippen LogP contribution is 2.03. The van der Waals surface area contributed by atoms with Gasteiger partial charge in [-0.05, 0) is 17.7 Å². The Bertz CT molecular complexity index is 625. The third kappa shape index (κ3) is 3.40. The van der Waals surface area contributed by atoms with Crippen LogP contribution >= 0.6 is 0 Å². The van der Waals surface area contributed by atoms with Crippen LogP contribution in [0, 0.1) is 11.3 Å². The molecule has 0 radical (unpaired) electrons. The van der Waals surface area contributed by atoms with Gasteiger partial charge in [0.05, 0.1) is 24.4 Å². The summed E-state index contributed by atoms with van der Waals surface area (Å²) >= 11 is 0. The van der Waals surface area contributed by atoms with Gasteiger partial charge in [0, 0.05) is 13.1 Å². The van der Waals surface area contributed by atoms with E-state index >= 15 is 0 Å². The van der Waals surface area contributed by atoms with Gasteiger partial charge in [0.15, 0.2) is 5.69 Å². The van der Waals surface area contributed by atoms with Crippen LogP contribution in [-0.4, -0.2) is 27.4 Å². The molecule has 0 fully saturated rings. The number of carbonyl (C=O) groups is 1. The van der Waals surface area contributed by atoms with Crippen molar-refractivity contribution in [2.75, 3.05) is 6.54 Å². The quantitative estimate of drug-likeness (QED) is 0.797. The summed E-state index contributed by atoms with van der Waals surface area (Å²) < 4.78 is 1.52. The zero-order valence-electron chi connectivity index (χ0n) is 10.8. The minimum Gasteiger partial charge on any atom is -0.347 e. The summed E-state index contributed by atoms with van der Waals surface area (Å²) in [6, 6.07) is 9.05. The van der Waals surface area contributed by atoms with Gasteiger partial charge < -0.3 is 11.1 Å². The van der Waals surface area contributed by atoms with Crippen LogP contribution in [0.5, 0.6) is 0 Å². The minimum atomic E-state index is -0.294. The Morgan fingerprint density at radius 1 is 1.40 bits per heavy atom. The summed E-state index contributed by atoms with van der Waals surface area (Å²) in [5, 5.41) is 19.0. The van der Waals surface area contributed by atoms with Crippen LogP contribution in [0.3, 0.4) is 0 Å². The van der Waals surface area contributed by atoms with Crippen molar-refractivity contribution in [2.24, 2.45) is 5.73 Å². The number of carbonyl (C=O) groups excluding carboxylic acids is 1. The maximum atomic E-state index is 11.8. The molecule has 7 nitrogen and oxygen atoms in total. The highest BCUT2D eigenvalue weighted by atomic mass is 16.2. The van der Waals surface area contributed by atoms with Gasteiger partial charge in [-0.1, -0.05) is 17.3 Å². The van der Waals surface area contributed by atoms with E-state index in [4.69, 9.17) is 11.0 Å². The van der Waals surface area contributed by atoms with Crippen LogP contribution in [0.1, 0.15) is 21.6 Å². The number of hydrogen-bond acceptors (Lipinski definition) is 5. The molecule has 2 rings (SSSR count). The van der Waals surface area contributed by atoms with Crippen LogP contribution in [-0.2, 0) is 13.1 Å². The topological polar surface area (TPSA) is 110 Å². The summed E-state index contributed by atoms with van der Waals surface area (Å²) in [7, 11) is 0. The van der Waals surface area contributed by atoms with E-state index < -0.39 is 0 Å². The van der Waals surface area contributed by atoms with Gasteiger partial charge in [0.1, 0.15) is 0 Å². The number of nitrogens with two attached hydrogens (primary N) is 1. The molecule has 0 aliphatic heterocycles. The number of nitrogens with one attached hydrogen (secondary N) is 1. The molecule has 1 aromatic carbocycles. The second-order valence-electron chi connectivity index (χ2n) is 4.15. The van der Waals surface area contributed by atoms with E-state index in [2.05, 4.69) is 15.6 Å². The molecular weight excluding hydrogens is 256 g/mol. The van der Waals surface area contributed by atoms with Crippen molar-refractivity contribution in [1.29, 1.82) is 5.26 Å². The lowest BCUT2D eigenvalue weighted by Gasteiger charge is -2.03. The van der Waals surface area contributed by atoms with E-state index in [0.29, 0.717) is 25.2 Å². The van der Waals surface area contributed by atoms with Gasteiger partial charge in [-0.3, -0.25) is 9.48 Å². The van der Waals surface area contributed by atoms with Crippen LogP contribution in [0.4, 0.5) is 0 Å². The molecule has 0 aliphatic carbocycles. The van der Waals surface area contributed by atoms with Crippen molar-refractivity contribution in [2.45, 2.75) is 13.1 Å².